The SMILES string of the molecule is COC(=O)C#Cc1c(Br)cccc1[N+](=O)[O-]. The number of carbonyl (C=O) groups is 1. The smallest absolute Gasteiger partial charge is 0.384 e. The Bertz CT molecular complexity index is 501. The molecule has 0 bridgehead atoms. The highest BCUT2D eigenvalue weighted by Gasteiger charge is 2.14. The van der Waals surface area contributed by atoms with Crippen LogP contribution in [0.15, 0.2) is 22.7 Å². The number of nitro groups is 1. The molecule has 0 unspecified atom stereocenters. The van der Waals surface area contributed by atoms with E-state index in [0.29, 0.717) is 4.47 Å². The van der Waals surface area contributed by atoms with Crippen LogP contribution in [-0.4, -0.2) is 18.0 Å². The van der Waals surface area contributed by atoms with Crippen molar-refractivity contribution in [3.63, 3.8) is 0 Å². The Morgan fingerprint density at radius 3 is 2.81 bits per heavy atom. The van der Waals surface area contributed by atoms with E-state index >= 15 is 0 Å². The molecule has 1 aromatic rings. The Labute approximate surface area is 99.7 Å². The maximum absolute atomic E-state index is 10.8. The predicted molar refractivity (Wildman–Crippen MR) is 59.7 cm³/mol. The van der Waals surface area contributed by atoms with Crippen molar-refractivity contribution >= 4 is 27.6 Å². The van der Waals surface area contributed by atoms with Gasteiger partial charge in [-0.15, -0.1) is 0 Å². The zero-order chi connectivity index (χ0) is 12.1. The lowest BCUT2D eigenvalue weighted by molar-refractivity contribution is -0.385. The molecule has 0 amide bonds. The Hall–Kier alpha value is -1.87. The third kappa shape index (κ3) is 2.81. The molecule has 0 aliphatic carbocycles. The van der Waals surface area contributed by atoms with Crippen molar-refractivity contribution in [2.45, 2.75) is 0 Å². The van der Waals surface area contributed by atoms with Crippen LogP contribution in [-0.2, 0) is 9.53 Å². The minimum atomic E-state index is -0.745. The second-order valence-electron chi connectivity index (χ2n) is 2.63. The molecule has 16 heavy (non-hydrogen) atoms. The monoisotopic (exact) mass is 283 g/mol. The van der Waals surface area contributed by atoms with E-state index in [2.05, 4.69) is 32.5 Å². The van der Waals surface area contributed by atoms with Crippen molar-refractivity contribution in [1.82, 2.24) is 0 Å². The summed E-state index contributed by atoms with van der Waals surface area (Å²) in [4.78, 5) is 20.9. The van der Waals surface area contributed by atoms with Crippen molar-refractivity contribution in [1.29, 1.82) is 0 Å². The molecule has 0 N–H and O–H groups in total. The van der Waals surface area contributed by atoms with Gasteiger partial charge in [0, 0.05) is 16.5 Å². The van der Waals surface area contributed by atoms with Crippen molar-refractivity contribution < 1.29 is 14.5 Å². The van der Waals surface area contributed by atoms with Gasteiger partial charge in [0.05, 0.1) is 12.0 Å². The van der Waals surface area contributed by atoms with Gasteiger partial charge in [0.15, 0.2) is 0 Å². The standard InChI is InChI=1S/C10H6BrNO4/c1-16-10(13)6-5-7-8(11)3-2-4-9(7)12(14)15/h2-4H,1H3. The molecule has 0 saturated heterocycles. The molecule has 0 spiro atoms. The summed E-state index contributed by atoms with van der Waals surface area (Å²) in [5, 5.41) is 10.7. The first kappa shape index (κ1) is 12.2. The number of ether oxygens (including phenoxy) is 1. The molecule has 0 atom stereocenters. The highest BCUT2D eigenvalue weighted by Crippen LogP contribution is 2.25. The molecule has 1 aromatic carbocycles. The quantitative estimate of drug-likeness (QED) is 0.342. The fourth-order valence-electron chi connectivity index (χ4n) is 0.953. The molecule has 0 saturated carbocycles. The molecule has 1 rings (SSSR count). The van der Waals surface area contributed by atoms with E-state index < -0.39 is 10.9 Å². The van der Waals surface area contributed by atoms with Gasteiger partial charge in [-0.2, -0.15) is 0 Å². The average Bonchev–Trinajstić information content (AvgIpc) is 2.26. The van der Waals surface area contributed by atoms with E-state index in [0.717, 1.165) is 0 Å². The van der Waals surface area contributed by atoms with Crippen LogP contribution in [0.2, 0.25) is 0 Å². The Morgan fingerprint density at radius 2 is 2.25 bits per heavy atom. The first-order valence-electron chi connectivity index (χ1n) is 4.09. The summed E-state index contributed by atoms with van der Waals surface area (Å²) in [6.45, 7) is 0. The zero-order valence-electron chi connectivity index (χ0n) is 8.19. The van der Waals surface area contributed by atoms with Crippen LogP contribution in [0.1, 0.15) is 5.56 Å². The van der Waals surface area contributed by atoms with Gasteiger partial charge >= 0.3 is 5.97 Å². The van der Waals surface area contributed by atoms with Gasteiger partial charge in [-0.1, -0.05) is 6.07 Å². The highest BCUT2D eigenvalue weighted by molar-refractivity contribution is 9.10. The molecule has 82 valence electrons. The van der Waals surface area contributed by atoms with Crippen LogP contribution < -0.4 is 0 Å². The van der Waals surface area contributed by atoms with Gasteiger partial charge in [-0.3, -0.25) is 10.1 Å². The average molecular weight is 284 g/mol. The van der Waals surface area contributed by atoms with E-state index in [1.54, 1.807) is 6.07 Å². The molecular weight excluding hydrogens is 278 g/mol. The fraction of sp³-hybridized carbons (Fsp3) is 0.100. The number of hydrogen-bond acceptors (Lipinski definition) is 4. The summed E-state index contributed by atoms with van der Waals surface area (Å²) in [5.74, 6) is 3.79. The minimum absolute atomic E-state index is 0.151. The Morgan fingerprint density at radius 1 is 1.56 bits per heavy atom. The van der Waals surface area contributed by atoms with Gasteiger partial charge < -0.3 is 4.74 Å². The van der Waals surface area contributed by atoms with E-state index in [1.807, 2.05) is 0 Å². The summed E-state index contributed by atoms with van der Waals surface area (Å²) in [6.07, 6.45) is 0. The molecular formula is C10H6BrNO4. The van der Waals surface area contributed by atoms with Crippen LogP contribution in [0.3, 0.4) is 0 Å². The predicted octanol–water partition coefficient (Wildman–Crippen LogP) is 1.88. The Kier molecular flexibility index (Phi) is 4.03. The molecule has 0 aliphatic rings. The number of benzene rings is 1. The van der Waals surface area contributed by atoms with E-state index in [-0.39, 0.29) is 11.3 Å². The van der Waals surface area contributed by atoms with Crippen LogP contribution in [0.5, 0.6) is 0 Å². The maximum atomic E-state index is 10.8. The van der Waals surface area contributed by atoms with Crippen LogP contribution in [0, 0.1) is 22.0 Å². The lowest BCUT2D eigenvalue weighted by Crippen LogP contribution is -1.96. The van der Waals surface area contributed by atoms with Crippen molar-refractivity contribution in [2.24, 2.45) is 0 Å². The molecule has 5 nitrogen and oxygen atoms in total. The summed E-state index contributed by atoms with van der Waals surface area (Å²) in [5.41, 5.74) is -0.0105. The summed E-state index contributed by atoms with van der Waals surface area (Å²) in [7, 11) is 1.19. The van der Waals surface area contributed by atoms with Gasteiger partial charge in [-0.25, -0.2) is 4.79 Å². The van der Waals surface area contributed by atoms with Gasteiger partial charge in [0.1, 0.15) is 5.56 Å². The number of carbonyl (C=O) groups excluding carboxylic acids is 1. The largest absolute Gasteiger partial charge is 0.459 e. The van der Waals surface area contributed by atoms with Crippen molar-refractivity contribution in [2.75, 3.05) is 7.11 Å². The molecule has 0 aliphatic heterocycles. The minimum Gasteiger partial charge on any atom is -0.459 e. The van der Waals surface area contributed by atoms with E-state index in [4.69, 9.17) is 0 Å². The molecule has 0 aromatic heterocycles. The van der Waals surface area contributed by atoms with Crippen molar-refractivity contribution in [3.8, 4) is 11.8 Å². The number of rotatable bonds is 1. The normalized spacial score (nSPS) is 8.88. The third-order valence-corrected chi connectivity index (χ3v) is 2.32. The lowest BCUT2D eigenvalue weighted by atomic mass is 10.2. The molecule has 6 heteroatoms. The first-order valence-corrected chi connectivity index (χ1v) is 4.88. The number of nitrogens with zero attached hydrogens (tertiary/aromatic N) is 1. The number of methoxy groups -OCH3 is 1. The van der Waals surface area contributed by atoms with Gasteiger partial charge in [-0.05, 0) is 27.9 Å². The van der Waals surface area contributed by atoms with Crippen LogP contribution in [0.4, 0.5) is 5.69 Å². The second kappa shape index (κ2) is 5.28. The Balaban J connectivity index is 3.24. The van der Waals surface area contributed by atoms with Crippen LogP contribution >= 0.6 is 15.9 Å². The maximum Gasteiger partial charge on any atom is 0.384 e. The number of nitro benzene ring substituents is 1. The number of hydrogen-bond donors (Lipinski definition) is 0. The van der Waals surface area contributed by atoms with Gasteiger partial charge in [0.2, 0.25) is 0 Å². The topological polar surface area (TPSA) is 69.4 Å². The highest BCUT2D eigenvalue weighted by atomic mass is 79.9. The third-order valence-electron chi connectivity index (χ3n) is 1.66. The fourth-order valence-corrected chi connectivity index (χ4v) is 1.41. The van der Waals surface area contributed by atoms with Gasteiger partial charge in [0.25, 0.3) is 5.69 Å². The summed E-state index contributed by atoms with van der Waals surface area (Å²) >= 11 is 3.13. The first-order chi connectivity index (χ1) is 7.56. The van der Waals surface area contributed by atoms with E-state index in [9.17, 15) is 14.9 Å². The second-order valence-corrected chi connectivity index (χ2v) is 3.49. The number of esters is 1. The van der Waals surface area contributed by atoms with E-state index in [1.165, 1.54) is 19.2 Å². The van der Waals surface area contributed by atoms with Crippen LogP contribution in [0.25, 0.3) is 0 Å². The molecule has 0 radical (unpaired) electrons. The summed E-state index contributed by atoms with van der Waals surface area (Å²) in [6, 6.07) is 4.44. The molecule has 0 fully saturated rings. The van der Waals surface area contributed by atoms with Crippen molar-refractivity contribution in [3.05, 3.63) is 38.3 Å². The lowest BCUT2D eigenvalue weighted by Gasteiger charge is -1.97. The zero-order valence-corrected chi connectivity index (χ0v) is 9.78. The summed E-state index contributed by atoms with van der Waals surface area (Å²) < 4.78 is 4.77. The number of halogens is 1. The molecule has 0 heterocycles.